The van der Waals surface area contributed by atoms with Crippen LogP contribution in [0.1, 0.15) is 24.9 Å². The molecule has 2 aliphatic heterocycles. The molecule has 24 heavy (non-hydrogen) atoms. The van der Waals surface area contributed by atoms with Crippen molar-refractivity contribution in [3.8, 4) is 0 Å². The number of carbonyl (C=O) groups is 2. The largest absolute Gasteiger partial charge is 0.377 e. The molecule has 3 rings (SSSR count). The van der Waals surface area contributed by atoms with Crippen LogP contribution >= 0.6 is 0 Å². The molecule has 0 saturated carbocycles. The molecule has 0 aromatic heterocycles. The smallest absolute Gasteiger partial charge is 0.225 e. The first-order valence-corrected chi connectivity index (χ1v) is 8.45. The van der Waals surface area contributed by atoms with Gasteiger partial charge in [0.1, 0.15) is 0 Å². The van der Waals surface area contributed by atoms with Gasteiger partial charge < -0.3 is 19.7 Å². The molecule has 130 valence electrons. The minimum absolute atomic E-state index is 0.0268. The number of nitrogens with zero attached hydrogens (tertiary/aromatic N) is 1. The van der Waals surface area contributed by atoms with Crippen LogP contribution in [0.2, 0.25) is 0 Å². The summed E-state index contributed by atoms with van der Waals surface area (Å²) < 4.78 is 10.8. The summed E-state index contributed by atoms with van der Waals surface area (Å²) in [4.78, 5) is 26.6. The number of rotatable bonds is 4. The van der Waals surface area contributed by atoms with Gasteiger partial charge in [0.15, 0.2) is 0 Å². The molecule has 2 amide bonds. The lowest BCUT2D eigenvalue weighted by atomic mass is 10.1. The van der Waals surface area contributed by atoms with E-state index in [1.165, 1.54) is 0 Å². The van der Waals surface area contributed by atoms with Crippen molar-refractivity contribution in [2.75, 3.05) is 33.0 Å². The number of likely N-dealkylation sites (tertiary alicyclic amines) is 1. The fourth-order valence-electron chi connectivity index (χ4n) is 3.21. The third-order valence-electron chi connectivity index (χ3n) is 4.64. The van der Waals surface area contributed by atoms with E-state index in [1.54, 1.807) is 4.90 Å². The van der Waals surface area contributed by atoms with Gasteiger partial charge in [-0.1, -0.05) is 30.3 Å². The van der Waals surface area contributed by atoms with Crippen molar-refractivity contribution in [1.29, 1.82) is 0 Å². The number of benzene rings is 1. The maximum Gasteiger partial charge on any atom is 0.225 e. The highest BCUT2D eigenvalue weighted by Crippen LogP contribution is 2.28. The first-order chi connectivity index (χ1) is 11.6. The summed E-state index contributed by atoms with van der Waals surface area (Å²) in [6.07, 6.45) is 0.261. The van der Waals surface area contributed by atoms with E-state index in [9.17, 15) is 9.59 Å². The molecular formula is C18H24N2O4. The lowest BCUT2D eigenvalue weighted by Gasteiger charge is -2.25. The molecule has 2 saturated heterocycles. The number of hydrogen-bond acceptors (Lipinski definition) is 4. The molecule has 1 aromatic rings. The molecule has 0 spiro atoms. The van der Waals surface area contributed by atoms with Gasteiger partial charge in [-0.3, -0.25) is 9.59 Å². The molecule has 6 nitrogen and oxygen atoms in total. The Morgan fingerprint density at radius 1 is 1.21 bits per heavy atom. The molecule has 2 aliphatic rings. The van der Waals surface area contributed by atoms with Crippen LogP contribution in [0.25, 0.3) is 0 Å². The van der Waals surface area contributed by atoms with E-state index in [4.69, 9.17) is 9.47 Å². The van der Waals surface area contributed by atoms with E-state index >= 15 is 0 Å². The average Bonchev–Trinajstić information content (AvgIpc) is 2.81. The van der Waals surface area contributed by atoms with E-state index < -0.39 is 0 Å². The van der Waals surface area contributed by atoms with Gasteiger partial charge in [-0.25, -0.2) is 0 Å². The van der Waals surface area contributed by atoms with Crippen LogP contribution in [0.3, 0.4) is 0 Å². The Hall–Kier alpha value is -1.92. The van der Waals surface area contributed by atoms with Crippen molar-refractivity contribution >= 4 is 11.8 Å². The van der Waals surface area contributed by atoms with E-state index in [-0.39, 0.29) is 36.2 Å². The van der Waals surface area contributed by atoms with Crippen molar-refractivity contribution in [3.63, 3.8) is 0 Å². The van der Waals surface area contributed by atoms with Gasteiger partial charge in [0.2, 0.25) is 11.8 Å². The average molecular weight is 332 g/mol. The van der Waals surface area contributed by atoms with Gasteiger partial charge in [0.25, 0.3) is 0 Å². The zero-order valence-electron chi connectivity index (χ0n) is 13.9. The molecule has 1 aromatic carbocycles. The Balaban J connectivity index is 1.58. The van der Waals surface area contributed by atoms with Gasteiger partial charge in [0.05, 0.1) is 44.4 Å². The van der Waals surface area contributed by atoms with Crippen molar-refractivity contribution in [2.45, 2.75) is 25.4 Å². The van der Waals surface area contributed by atoms with E-state index in [0.717, 1.165) is 5.56 Å². The first kappa shape index (κ1) is 16.9. The fourth-order valence-corrected chi connectivity index (χ4v) is 3.21. The molecule has 2 fully saturated rings. The Kier molecular flexibility index (Phi) is 5.48. The predicted molar refractivity (Wildman–Crippen MR) is 88.2 cm³/mol. The minimum Gasteiger partial charge on any atom is -0.377 e. The Labute approximate surface area is 142 Å². The van der Waals surface area contributed by atoms with Crippen LogP contribution in [-0.2, 0) is 19.1 Å². The zero-order valence-corrected chi connectivity index (χ0v) is 13.9. The molecule has 0 aliphatic carbocycles. The van der Waals surface area contributed by atoms with Crippen molar-refractivity contribution in [2.24, 2.45) is 5.92 Å². The van der Waals surface area contributed by atoms with E-state index in [0.29, 0.717) is 33.0 Å². The highest BCUT2D eigenvalue weighted by Gasteiger charge is 2.37. The normalized spacial score (nSPS) is 23.8. The number of amides is 2. The molecule has 2 heterocycles. The van der Waals surface area contributed by atoms with Crippen LogP contribution in [0.15, 0.2) is 30.3 Å². The van der Waals surface area contributed by atoms with E-state index in [2.05, 4.69) is 5.32 Å². The molecule has 1 N–H and O–H groups in total. The summed E-state index contributed by atoms with van der Waals surface area (Å²) in [5, 5.41) is 2.95. The number of hydrogen-bond donors (Lipinski definition) is 1. The summed E-state index contributed by atoms with van der Waals surface area (Å²) in [6.45, 7) is 4.47. The Morgan fingerprint density at radius 2 is 1.88 bits per heavy atom. The lowest BCUT2D eigenvalue weighted by molar-refractivity contribution is -0.130. The molecule has 6 heteroatoms. The van der Waals surface area contributed by atoms with Crippen molar-refractivity contribution < 1.29 is 19.1 Å². The van der Waals surface area contributed by atoms with Crippen molar-refractivity contribution in [1.82, 2.24) is 10.2 Å². The van der Waals surface area contributed by atoms with Crippen molar-refractivity contribution in [3.05, 3.63) is 35.9 Å². The second-order valence-electron chi connectivity index (χ2n) is 6.39. The van der Waals surface area contributed by atoms with Gasteiger partial charge in [0, 0.05) is 13.0 Å². The van der Waals surface area contributed by atoms with Crippen LogP contribution in [-0.4, -0.2) is 55.7 Å². The minimum atomic E-state index is -0.313. The fraction of sp³-hybridized carbons (Fsp3) is 0.556. The highest BCUT2D eigenvalue weighted by atomic mass is 16.5. The molecular weight excluding hydrogens is 308 g/mol. The summed E-state index contributed by atoms with van der Waals surface area (Å²) in [7, 11) is 0. The monoisotopic (exact) mass is 332 g/mol. The molecule has 0 radical (unpaired) electrons. The number of carbonyl (C=O) groups excluding carboxylic acids is 2. The highest BCUT2D eigenvalue weighted by molar-refractivity contribution is 5.89. The molecule has 2 unspecified atom stereocenters. The number of nitrogens with one attached hydrogen (secondary N) is 1. The predicted octanol–water partition coefficient (Wildman–Crippen LogP) is 1.13. The van der Waals surface area contributed by atoms with Gasteiger partial charge in [-0.15, -0.1) is 0 Å². The van der Waals surface area contributed by atoms with Gasteiger partial charge in [-0.2, -0.15) is 0 Å². The summed E-state index contributed by atoms with van der Waals surface area (Å²) >= 11 is 0. The third-order valence-corrected chi connectivity index (χ3v) is 4.64. The van der Waals surface area contributed by atoms with E-state index in [1.807, 2.05) is 37.3 Å². The standard InChI is InChI=1S/C18H24N2O4/c1-13(14-5-3-2-4-6-14)20-10-15(9-17(20)21)18(22)19-16-11-23-7-8-24-12-16/h2-6,13,15-16H,7-12H2,1H3,(H,19,22). The van der Waals surface area contributed by atoms with Crippen LogP contribution in [0, 0.1) is 5.92 Å². The first-order valence-electron chi connectivity index (χ1n) is 8.45. The van der Waals surface area contributed by atoms with Gasteiger partial charge in [-0.05, 0) is 12.5 Å². The van der Waals surface area contributed by atoms with Crippen LogP contribution in [0.4, 0.5) is 0 Å². The third kappa shape index (κ3) is 3.94. The topological polar surface area (TPSA) is 67.9 Å². The van der Waals surface area contributed by atoms with Crippen LogP contribution in [0.5, 0.6) is 0 Å². The maximum absolute atomic E-state index is 12.5. The Morgan fingerprint density at radius 3 is 2.54 bits per heavy atom. The van der Waals surface area contributed by atoms with Gasteiger partial charge >= 0.3 is 0 Å². The zero-order chi connectivity index (χ0) is 16.9. The second-order valence-corrected chi connectivity index (χ2v) is 6.39. The number of ether oxygens (including phenoxy) is 2. The second kappa shape index (κ2) is 7.77. The Bertz CT molecular complexity index is 570. The molecule has 0 bridgehead atoms. The summed E-state index contributed by atoms with van der Waals surface area (Å²) in [5.41, 5.74) is 1.08. The molecule has 2 atom stereocenters. The lowest BCUT2D eigenvalue weighted by Crippen LogP contribution is -2.44. The summed E-state index contributed by atoms with van der Waals surface area (Å²) in [6, 6.07) is 9.72. The maximum atomic E-state index is 12.5. The SMILES string of the molecule is CC(c1ccccc1)N1CC(C(=O)NC2COCCOC2)CC1=O. The summed E-state index contributed by atoms with van der Waals surface area (Å²) in [5.74, 6) is -0.378. The van der Waals surface area contributed by atoms with Crippen LogP contribution < -0.4 is 5.32 Å². The quantitative estimate of drug-likeness (QED) is 0.897.